The number of sulfonamides is 1. The van der Waals surface area contributed by atoms with Gasteiger partial charge < -0.3 is 14.5 Å². The molecule has 8 heteroatoms. The van der Waals surface area contributed by atoms with Crippen LogP contribution in [-0.4, -0.2) is 20.5 Å². The number of hydrogen-bond acceptors (Lipinski definition) is 6. The Bertz CT molecular complexity index is 1010. The summed E-state index contributed by atoms with van der Waals surface area (Å²) in [5.41, 5.74) is 2.57. The zero-order valence-electron chi connectivity index (χ0n) is 15.3. The molecule has 7 nitrogen and oxygen atoms in total. The lowest BCUT2D eigenvalue weighted by molar-refractivity contribution is 0.402. The molecule has 0 spiro atoms. The Morgan fingerprint density at radius 2 is 1.93 bits per heavy atom. The number of aryl methyl sites for hydroxylation is 2. The van der Waals surface area contributed by atoms with Crippen molar-refractivity contribution in [2.24, 2.45) is 0 Å². The smallest absolute Gasteiger partial charge is 0.266 e. The summed E-state index contributed by atoms with van der Waals surface area (Å²) in [5, 5.41) is 3.15. The first-order chi connectivity index (χ1) is 12.9. The highest BCUT2D eigenvalue weighted by molar-refractivity contribution is 7.92. The van der Waals surface area contributed by atoms with E-state index in [9.17, 15) is 8.42 Å². The maximum Gasteiger partial charge on any atom is 0.266 e. The third-order valence-corrected chi connectivity index (χ3v) is 5.49. The van der Waals surface area contributed by atoms with Crippen LogP contribution in [0.1, 0.15) is 16.9 Å². The van der Waals surface area contributed by atoms with Gasteiger partial charge in [-0.1, -0.05) is 0 Å². The molecule has 0 bridgehead atoms. The quantitative estimate of drug-likeness (QED) is 0.642. The maximum atomic E-state index is 12.8. The predicted octanol–water partition coefficient (Wildman–Crippen LogP) is 3.71. The topological polar surface area (TPSA) is 93.5 Å². The van der Waals surface area contributed by atoms with Gasteiger partial charge in [-0.25, -0.2) is 13.4 Å². The van der Waals surface area contributed by atoms with E-state index in [4.69, 9.17) is 9.15 Å². The van der Waals surface area contributed by atoms with Crippen molar-refractivity contribution in [3.8, 4) is 5.75 Å². The number of hydrogen-bond donors (Lipinski definition) is 2. The molecular weight excluding hydrogens is 366 g/mol. The van der Waals surface area contributed by atoms with Crippen LogP contribution >= 0.6 is 0 Å². The summed E-state index contributed by atoms with van der Waals surface area (Å²) in [7, 11) is -2.38. The Balaban J connectivity index is 1.75. The van der Waals surface area contributed by atoms with E-state index in [-0.39, 0.29) is 10.7 Å². The van der Waals surface area contributed by atoms with E-state index < -0.39 is 10.0 Å². The lowest BCUT2D eigenvalue weighted by atomic mass is 10.1. The summed E-state index contributed by atoms with van der Waals surface area (Å²) in [6.07, 6.45) is 3.16. The largest absolute Gasteiger partial charge is 0.495 e. The van der Waals surface area contributed by atoms with Gasteiger partial charge in [-0.2, -0.15) is 0 Å². The Morgan fingerprint density at radius 1 is 1.15 bits per heavy atom. The Labute approximate surface area is 158 Å². The van der Waals surface area contributed by atoms with Crippen LogP contribution in [0.25, 0.3) is 0 Å². The van der Waals surface area contributed by atoms with Crippen LogP contribution in [-0.2, 0) is 16.6 Å². The van der Waals surface area contributed by atoms with Crippen molar-refractivity contribution in [1.82, 2.24) is 4.98 Å². The highest BCUT2D eigenvalue weighted by Crippen LogP contribution is 2.28. The van der Waals surface area contributed by atoms with Crippen LogP contribution in [0.3, 0.4) is 0 Å². The molecule has 1 aromatic carbocycles. The Hall–Kier alpha value is -3.00. The third-order valence-electron chi connectivity index (χ3n) is 4.12. The van der Waals surface area contributed by atoms with E-state index in [2.05, 4.69) is 15.0 Å². The lowest BCUT2D eigenvalue weighted by Crippen LogP contribution is -2.15. The number of nitrogens with one attached hydrogen (secondary N) is 2. The number of methoxy groups -OCH3 is 1. The number of nitrogens with zero attached hydrogens (tertiary/aromatic N) is 1. The van der Waals surface area contributed by atoms with Gasteiger partial charge in [0.2, 0.25) is 0 Å². The van der Waals surface area contributed by atoms with Crippen LogP contribution < -0.4 is 14.8 Å². The number of ether oxygens (including phenoxy) is 1. The summed E-state index contributed by atoms with van der Waals surface area (Å²) in [5.74, 6) is 1.31. The molecule has 0 saturated heterocycles. The van der Waals surface area contributed by atoms with Gasteiger partial charge in [-0.3, -0.25) is 4.72 Å². The molecule has 27 heavy (non-hydrogen) atoms. The molecule has 2 aromatic heterocycles. The molecular formula is C19H21N3O4S. The van der Waals surface area contributed by atoms with Crippen molar-refractivity contribution in [3.63, 3.8) is 0 Å². The fourth-order valence-electron chi connectivity index (χ4n) is 2.49. The van der Waals surface area contributed by atoms with E-state index >= 15 is 0 Å². The summed E-state index contributed by atoms with van der Waals surface area (Å²) < 4.78 is 38.5. The zero-order valence-corrected chi connectivity index (χ0v) is 16.1. The predicted molar refractivity (Wildman–Crippen MR) is 104 cm³/mol. The molecule has 0 unspecified atom stereocenters. The molecule has 0 aliphatic heterocycles. The molecule has 0 aliphatic carbocycles. The normalized spacial score (nSPS) is 11.2. The molecule has 0 amide bonds. The molecule has 0 saturated carbocycles. The molecule has 0 fully saturated rings. The number of rotatable bonds is 7. The van der Waals surface area contributed by atoms with Crippen LogP contribution in [0.4, 0.5) is 11.5 Å². The van der Waals surface area contributed by atoms with Crippen molar-refractivity contribution in [1.29, 1.82) is 0 Å². The summed E-state index contributed by atoms with van der Waals surface area (Å²) in [6, 6.07) is 10.3. The summed E-state index contributed by atoms with van der Waals surface area (Å²) in [6.45, 7) is 4.27. The molecule has 0 aliphatic rings. The fourth-order valence-corrected chi connectivity index (χ4v) is 3.73. The van der Waals surface area contributed by atoms with E-state index in [0.29, 0.717) is 12.3 Å². The van der Waals surface area contributed by atoms with Crippen molar-refractivity contribution < 1.29 is 17.6 Å². The molecule has 2 heterocycles. The van der Waals surface area contributed by atoms with Gasteiger partial charge in [0.25, 0.3) is 10.0 Å². The first-order valence-electron chi connectivity index (χ1n) is 8.29. The first-order valence-corrected chi connectivity index (χ1v) is 9.78. The highest BCUT2D eigenvalue weighted by atomic mass is 32.2. The number of furan rings is 1. The van der Waals surface area contributed by atoms with Gasteiger partial charge in [0, 0.05) is 0 Å². The molecule has 2 N–H and O–H groups in total. The summed E-state index contributed by atoms with van der Waals surface area (Å²) in [4.78, 5) is 4.24. The third kappa shape index (κ3) is 4.40. The van der Waals surface area contributed by atoms with E-state index in [1.807, 2.05) is 26.0 Å². The second kappa shape index (κ2) is 7.71. The minimum absolute atomic E-state index is 0.0786. The minimum atomic E-state index is -3.83. The number of benzene rings is 1. The van der Waals surface area contributed by atoms with Crippen molar-refractivity contribution in [2.45, 2.75) is 25.3 Å². The zero-order chi connectivity index (χ0) is 19.4. The first kappa shape index (κ1) is 18.8. The maximum absolute atomic E-state index is 12.8. The lowest BCUT2D eigenvalue weighted by Gasteiger charge is -2.13. The van der Waals surface area contributed by atoms with E-state index in [0.717, 1.165) is 22.6 Å². The van der Waals surface area contributed by atoms with Crippen LogP contribution in [0.5, 0.6) is 5.75 Å². The number of aromatic nitrogens is 1. The van der Waals surface area contributed by atoms with Gasteiger partial charge in [-0.15, -0.1) is 0 Å². The van der Waals surface area contributed by atoms with Crippen LogP contribution in [0.15, 0.2) is 58.2 Å². The van der Waals surface area contributed by atoms with E-state index in [1.54, 1.807) is 36.7 Å². The van der Waals surface area contributed by atoms with E-state index in [1.165, 1.54) is 7.11 Å². The minimum Gasteiger partial charge on any atom is -0.495 e. The van der Waals surface area contributed by atoms with Crippen molar-refractivity contribution >= 4 is 21.5 Å². The van der Waals surface area contributed by atoms with Gasteiger partial charge in [0.15, 0.2) is 0 Å². The average Bonchev–Trinajstić information content (AvgIpc) is 3.16. The van der Waals surface area contributed by atoms with Gasteiger partial charge in [0.05, 0.1) is 31.8 Å². The van der Waals surface area contributed by atoms with Gasteiger partial charge in [-0.05, 0) is 61.4 Å². The fraction of sp³-hybridized carbons (Fsp3) is 0.211. The van der Waals surface area contributed by atoms with Crippen LogP contribution in [0.2, 0.25) is 0 Å². The molecule has 0 radical (unpaired) electrons. The van der Waals surface area contributed by atoms with Crippen molar-refractivity contribution in [2.75, 3.05) is 17.1 Å². The SMILES string of the molecule is COc1cc(C)c(C)cc1S(=O)(=O)Nc1ccc(NCc2ccco2)cn1. The second-order valence-corrected chi connectivity index (χ2v) is 7.71. The number of anilines is 2. The monoisotopic (exact) mass is 387 g/mol. The molecule has 3 aromatic rings. The van der Waals surface area contributed by atoms with Crippen LogP contribution in [0, 0.1) is 13.8 Å². The molecule has 0 atom stereocenters. The highest BCUT2D eigenvalue weighted by Gasteiger charge is 2.21. The van der Waals surface area contributed by atoms with Crippen molar-refractivity contribution in [3.05, 3.63) is 65.7 Å². The Kier molecular flexibility index (Phi) is 5.36. The average molecular weight is 387 g/mol. The molecule has 142 valence electrons. The summed E-state index contributed by atoms with van der Waals surface area (Å²) >= 11 is 0. The van der Waals surface area contributed by atoms with Gasteiger partial charge >= 0.3 is 0 Å². The van der Waals surface area contributed by atoms with Gasteiger partial charge in [0.1, 0.15) is 22.2 Å². The number of pyridine rings is 1. The second-order valence-electron chi connectivity index (χ2n) is 6.06. The molecule has 3 rings (SSSR count). The Morgan fingerprint density at radius 3 is 2.56 bits per heavy atom. The standard InChI is InChI=1S/C19H21N3O4S/c1-13-9-17(25-3)18(10-14(13)2)27(23,24)22-19-7-6-15(11-21-19)20-12-16-5-4-8-26-16/h4-11,20H,12H2,1-3H3,(H,21,22).